The van der Waals surface area contributed by atoms with Crippen LogP contribution in [0.15, 0.2) is 48.5 Å². The molecule has 4 nitrogen and oxygen atoms in total. The first-order chi connectivity index (χ1) is 9.98. The highest BCUT2D eigenvalue weighted by Crippen LogP contribution is 2.46. The maximum atomic E-state index is 12.0. The third-order valence-electron chi connectivity index (χ3n) is 3.74. The van der Waals surface area contributed by atoms with E-state index in [1.54, 1.807) is 24.3 Å². The summed E-state index contributed by atoms with van der Waals surface area (Å²) in [7, 11) is -4.39. The molecule has 0 heterocycles. The van der Waals surface area contributed by atoms with Crippen LogP contribution < -0.4 is 4.31 Å². The van der Waals surface area contributed by atoms with Crippen LogP contribution in [0, 0.1) is 6.92 Å². The van der Waals surface area contributed by atoms with Crippen LogP contribution in [-0.4, -0.2) is 13.0 Å². The fraction of sp³-hybridized carbons (Fsp3) is 0.250. The number of para-hydroxylation sites is 2. The fourth-order valence-corrected chi connectivity index (χ4v) is 3.45. The first kappa shape index (κ1) is 14.1. The molecule has 0 spiro atoms. The van der Waals surface area contributed by atoms with E-state index in [1.165, 1.54) is 0 Å². The van der Waals surface area contributed by atoms with Gasteiger partial charge in [-0.3, -0.25) is 4.55 Å². The standard InChI is InChI=1S/C16H17NO3S/c1-12-6-2-4-8-15(12)17(21(18,19)20)16-9-5-3-7-14(16)13-10-11-13/h2-9,13H,10-11H2,1H3,(H,18,19,20). The summed E-state index contributed by atoms with van der Waals surface area (Å²) < 4.78 is 34.7. The number of hydrogen-bond donors (Lipinski definition) is 1. The Morgan fingerprint density at radius 1 is 1.00 bits per heavy atom. The molecule has 0 radical (unpaired) electrons. The number of aryl methyl sites for hydroxylation is 1. The summed E-state index contributed by atoms with van der Waals surface area (Å²) in [6.07, 6.45) is 2.12. The summed E-state index contributed by atoms with van der Waals surface area (Å²) in [5.74, 6) is 0.384. The Bertz CT molecular complexity index is 767. The molecule has 1 N–H and O–H groups in total. The molecular weight excluding hydrogens is 286 g/mol. The summed E-state index contributed by atoms with van der Waals surface area (Å²) in [6, 6.07) is 14.5. The van der Waals surface area contributed by atoms with E-state index in [4.69, 9.17) is 0 Å². The van der Waals surface area contributed by atoms with Crippen molar-refractivity contribution in [2.45, 2.75) is 25.7 Å². The Balaban J connectivity index is 2.21. The molecule has 0 saturated heterocycles. The van der Waals surface area contributed by atoms with Crippen LogP contribution in [0.2, 0.25) is 0 Å². The largest absolute Gasteiger partial charge is 0.364 e. The zero-order valence-electron chi connectivity index (χ0n) is 11.7. The monoisotopic (exact) mass is 303 g/mol. The van der Waals surface area contributed by atoms with Crippen LogP contribution in [0.25, 0.3) is 0 Å². The molecule has 2 aromatic rings. The molecular formula is C16H17NO3S. The van der Waals surface area contributed by atoms with Crippen LogP contribution in [-0.2, 0) is 10.3 Å². The predicted molar refractivity (Wildman–Crippen MR) is 83.3 cm³/mol. The van der Waals surface area contributed by atoms with Crippen LogP contribution in [0.5, 0.6) is 0 Å². The van der Waals surface area contributed by atoms with Gasteiger partial charge in [-0.2, -0.15) is 8.42 Å². The molecule has 21 heavy (non-hydrogen) atoms. The summed E-state index contributed by atoms with van der Waals surface area (Å²) in [4.78, 5) is 0. The third kappa shape index (κ3) is 2.80. The molecule has 0 unspecified atom stereocenters. The van der Waals surface area contributed by atoms with Gasteiger partial charge in [0.15, 0.2) is 0 Å². The van der Waals surface area contributed by atoms with E-state index in [-0.39, 0.29) is 0 Å². The second-order valence-corrected chi connectivity index (χ2v) is 6.62. The minimum absolute atomic E-state index is 0.384. The zero-order valence-corrected chi connectivity index (χ0v) is 12.5. The van der Waals surface area contributed by atoms with Gasteiger partial charge in [0.25, 0.3) is 0 Å². The molecule has 0 aliphatic heterocycles. The van der Waals surface area contributed by atoms with Gasteiger partial charge in [-0.05, 0) is 48.9 Å². The second kappa shape index (κ2) is 5.16. The van der Waals surface area contributed by atoms with Crippen molar-refractivity contribution in [3.63, 3.8) is 0 Å². The Morgan fingerprint density at radius 2 is 1.57 bits per heavy atom. The lowest BCUT2D eigenvalue weighted by Crippen LogP contribution is -2.26. The zero-order chi connectivity index (χ0) is 15.0. The maximum Gasteiger partial charge on any atom is 0.364 e. The molecule has 0 bridgehead atoms. The summed E-state index contributed by atoms with van der Waals surface area (Å²) in [5, 5.41) is 0. The quantitative estimate of drug-likeness (QED) is 0.874. The second-order valence-electron chi connectivity index (χ2n) is 5.36. The number of rotatable bonds is 4. The van der Waals surface area contributed by atoms with Gasteiger partial charge in [0.05, 0.1) is 11.4 Å². The van der Waals surface area contributed by atoms with Crippen molar-refractivity contribution in [2.24, 2.45) is 0 Å². The summed E-state index contributed by atoms with van der Waals surface area (Å²) in [5.41, 5.74) is 2.78. The van der Waals surface area contributed by atoms with Crippen molar-refractivity contribution < 1.29 is 13.0 Å². The minimum atomic E-state index is -4.39. The van der Waals surface area contributed by atoms with E-state index in [2.05, 4.69) is 0 Å². The number of hydrogen-bond acceptors (Lipinski definition) is 2. The molecule has 3 rings (SSSR count). The first-order valence-corrected chi connectivity index (χ1v) is 8.30. The van der Waals surface area contributed by atoms with E-state index >= 15 is 0 Å². The molecule has 1 saturated carbocycles. The smallest absolute Gasteiger partial charge is 0.269 e. The van der Waals surface area contributed by atoms with Gasteiger partial charge < -0.3 is 0 Å². The van der Waals surface area contributed by atoms with Gasteiger partial charge in [-0.15, -0.1) is 0 Å². The van der Waals surface area contributed by atoms with E-state index in [1.807, 2.05) is 31.2 Å². The van der Waals surface area contributed by atoms with E-state index in [9.17, 15) is 13.0 Å². The van der Waals surface area contributed by atoms with Gasteiger partial charge in [0.1, 0.15) is 0 Å². The van der Waals surface area contributed by atoms with Crippen LogP contribution in [0.4, 0.5) is 11.4 Å². The SMILES string of the molecule is Cc1ccccc1N(c1ccccc1C1CC1)S(=O)(=O)O. The van der Waals surface area contributed by atoms with Gasteiger partial charge in [-0.25, -0.2) is 4.31 Å². The predicted octanol–water partition coefficient (Wildman–Crippen LogP) is 3.81. The van der Waals surface area contributed by atoms with Crippen LogP contribution in [0.1, 0.15) is 29.9 Å². The van der Waals surface area contributed by atoms with Gasteiger partial charge in [-0.1, -0.05) is 36.4 Å². The topological polar surface area (TPSA) is 57.6 Å². The molecule has 0 aromatic heterocycles. The summed E-state index contributed by atoms with van der Waals surface area (Å²) >= 11 is 0. The van der Waals surface area contributed by atoms with E-state index < -0.39 is 10.3 Å². The lowest BCUT2D eigenvalue weighted by molar-refractivity contribution is 0.483. The van der Waals surface area contributed by atoms with Crippen LogP contribution >= 0.6 is 0 Å². The average molecular weight is 303 g/mol. The fourth-order valence-electron chi connectivity index (χ4n) is 2.58. The number of nitrogens with zero attached hydrogens (tertiary/aromatic N) is 1. The highest BCUT2D eigenvalue weighted by Gasteiger charge is 2.31. The molecule has 0 atom stereocenters. The molecule has 110 valence electrons. The number of anilines is 2. The van der Waals surface area contributed by atoms with E-state index in [0.717, 1.165) is 28.3 Å². The lowest BCUT2D eigenvalue weighted by atomic mass is 10.1. The molecule has 1 aliphatic carbocycles. The van der Waals surface area contributed by atoms with Gasteiger partial charge >= 0.3 is 10.3 Å². The maximum absolute atomic E-state index is 12.0. The van der Waals surface area contributed by atoms with Crippen molar-refractivity contribution in [1.29, 1.82) is 0 Å². The molecule has 1 fully saturated rings. The van der Waals surface area contributed by atoms with Gasteiger partial charge in [0.2, 0.25) is 0 Å². The van der Waals surface area contributed by atoms with Crippen molar-refractivity contribution in [3.05, 3.63) is 59.7 Å². The minimum Gasteiger partial charge on any atom is -0.269 e. The Hall–Kier alpha value is -1.85. The molecule has 2 aromatic carbocycles. The lowest BCUT2D eigenvalue weighted by Gasteiger charge is -2.25. The molecule has 5 heteroatoms. The first-order valence-electron chi connectivity index (χ1n) is 6.91. The molecule has 0 amide bonds. The van der Waals surface area contributed by atoms with Gasteiger partial charge in [0, 0.05) is 0 Å². The Labute approximate surface area is 124 Å². The summed E-state index contributed by atoms with van der Waals surface area (Å²) in [6.45, 7) is 1.83. The van der Waals surface area contributed by atoms with Crippen molar-refractivity contribution >= 4 is 21.7 Å². The highest BCUT2D eigenvalue weighted by atomic mass is 32.2. The third-order valence-corrected chi connectivity index (χ3v) is 4.59. The molecule has 1 aliphatic rings. The van der Waals surface area contributed by atoms with Crippen molar-refractivity contribution in [1.82, 2.24) is 0 Å². The van der Waals surface area contributed by atoms with Crippen molar-refractivity contribution in [3.8, 4) is 0 Å². The number of benzene rings is 2. The van der Waals surface area contributed by atoms with E-state index in [0.29, 0.717) is 17.3 Å². The normalized spacial score (nSPS) is 15.0. The Morgan fingerprint density at radius 3 is 2.14 bits per heavy atom. The average Bonchev–Trinajstić information content (AvgIpc) is 3.25. The van der Waals surface area contributed by atoms with Crippen LogP contribution in [0.3, 0.4) is 0 Å². The Kier molecular flexibility index (Phi) is 3.47. The van der Waals surface area contributed by atoms with Crippen molar-refractivity contribution in [2.75, 3.05) is 4.31 Å². The highest BCUT2D eigenvalue weighted by molar-refractivity contribution is 7.87.